The Morgan fingerprint density at radius 1 is 1.24 bits per heavy atom. The van der Waals surface area contributed by atoms with E-state index >= 15 is 0 Å². The molecule has 0 radical (unpaired) electrons. The molecular formula is C23H30N4O2. The summed E-state index contributed by atoms with van der Waals surface area (Å²) in [4.78, 5) is 15.1. The van der Waals surface area contributed by atoms with Crippen molar-refractivity contribution in [2.75, 3.05) is 13.6 Å². The number of aromatic nitrogens is 2. The van der Waals surface area contributed by atoms with Crippen LogP contribution in [0.5, 0.6) is 5.75 Å². The van der Waals surface area contributed by atoms with Gasteiger partial charge in [-0.05, 0) is 50.7 Å². The highest BCUT2D eigenvalue weighted by atomic mass is 16.5. The number of ether oxygens (including phenoxy) is 1. The molecule has 1 aliphatic heterocycles. The quantitative estimate of drug-likeness (QED) is 0.868. The highest BCUT2D eigenvalue weighted by Gasteiger charge is 2.41. The van der Waals surface area contributed by atoms with E-state index in [1.54, 1.807) is 4.68 Å². The van der Waals surface area contributed by atoms with Crippen LogP contribution in [0.4, 0.5) is 0 Å². The number of nitrogens with one attached hydrogen (secondary N) is 1. The topological polar surface area (TPSA) is 59.4 Å². The first-order valence-electron chi connectivity index (χ1n) is 10.8. The van der Waals surface area contributed by atoms with Crippen molar-refractivity contribution in [3.63, 3.8) is 0 Å². The molecular weight excluding hydrogens is 364 g/mol. The zero-order valence-corrected chi connectivity index (χ0v) is 17.4. The molecule has 6 heteroatoms. The Morgan fingerprint density at radius 2 is 2.00 bits per heavy atom. The van der Waals surface area contributed by atoms with Gasteiger partial charge in [-0.1, -0.05) is 18.2 Å². The maximum Gasteiger partial charge on any atom is 0.272 e. The van der Waals surface area contributed by atoms with Gasteiger partial charge in [-0.25, -0.2) is 0 Å². The van der Waals surface area contributed by atoms with Crippen LogP contribution in [0.1, 0.15) is 66.2 Å². The lowest BCUT2D eigenvalue weighted by atomic mass is 9.81. The summed E-state index contributed by atoms with van der Waals surface area (Å²) < 4.78 is 8.29. The molecule has 2 aliphatic carbocycles. The zero-order valence-electron chi connectivity index (χ0n) is 17.4. The van der Waals surface area contributed by atoms with Crippen molar-refractivity contribution < 1.29 is 9.53 Å². The lowest BCUT2D eigenvalue weighted by Gasteiger charge is -2.42. The molecule has 154 valence electrons. The van der Waals surface area contributed by atoms with Crippen molar-refractivity contribution in [3.05, 3.63) is 47.3 Å². The molecule has 1 aromatic carbocycles. The molecule has 0 saturated heterocycles. The standard InChI is InChI=1S/C23H30N4O2/c1-26(22(28)20-13-19(16-7-8-16)25-27(20)2)18-9-11-23(12-10-18)15-24-14-17-5-3-4-6-21(17)29-23/h3-6,13,16,18,24H,7-12,14-15H2,1-2H3. The molecule has 0 unspecified atom stereocenters. The SMILES string of the molecule is CN(C(=O)c1cc(C2CC2)nn1C)C1CCC2(CC1)CNCc1ccccc1O2. The average molecular weight is 395 g/mol. The van der Waals surface area contributed by atoms with Crippen molar-refractivity contribution in [2.24, 2.45) is 7.05 Å². The van der Waals surface area contributed by atoms with E-state index in [9.17, 15) is 4.79 Å². The number of benzene rings is 1. The largest absolute Gasteiger partial charge is 0.486 e. The number of carbonyl (C=O) groups excluding carboxylic acids is 1. The molecule has 2 fully saturated rings. The minimum atomic E-state index is -0.168. The van der Waals surface area contributed by atoms with Crippen LogP contribution >= 0.6 is 0 Å². The smallest absolute Gasteiger partial charge is 0.272 e. The Kier molecular flexibility index (Phi) is 4.62. The molecule has 2 saturated carbocycles. The van der Waals surface area contributed by atoms with E-state index < -0.39 is 0 Å². The number of aryl methyl sites for hydroxylation is 1. The van der Waals surface area contributed by atoms with Crippen molar-refractivity contribution in [2.45, 2.75) is 62.6 Å². The van der Waals surface area contributed by atoms with Gasteiger partial charge in [-0.15, -0.1) is 0 Å². The minimum Gasteiger partial charge on any atom is -0.486 e. The van der Waals surface area contributed by atoms with E-state index in [4.69, 9.17) is 4.74 Å². The molecule has 1 N–H and O–H groups in total. The van der Waals surface area contributed by atoms with E-state index in [1.165, 1.54) is 18.4 Å². The molecule has 6 nitrogen and oxygen atoms in total. The zero-order chi connectivity index (χ0) is 20.0. The normalized spacial score (nSPS) is 26.5. The summed E-state index contributed by atoms with van der Waals surface area (Å²) in [7, 11) is 3.82. The van der Waals surface area contributed by atoms with Gasteiger partial charge >= 0.3 is 0 Å². The molecule has 5 rings (SSSR count). The van der Waals surface area contributed by atoms with E-state index in [2.05, 4.69) is 28.6 Å². The van der Waals surface area contributed by atoms with Crippen LogP contribution in [0.3, 0.4) is 0 Å². The fourth-order valence-electron chi connectivity index (χ4n) is 4.85. The number of hydrogen-bond donors (Lipinski definition) is 1. The van der Waals surface area contributed by atoms with Gasteiger partial charge in [-0.2, -0.15) is 5.10 Å². The van der Waals surface area contributed by atoms with Crippen molar-refractivity contribution in [3.8, 4) is 5.75 Å². The molecule has 3 aliphatic rings. The highest BCUT2D eigenvalue weighted by molar-refractivity contribution is 5.92. The van der Waals surface area contributed by atoms with Gasteiger partial charge in [0.05, 0.1) is 5.69 Å². The summed E-state index contributed by atoms with van der Waals surface area (Å²) in [6.07, 6.45) is 6.22. The predicted molar refractivity (Wildman–Crippen MR) is 111 cm³/mol. The number of rotatable bonds is 3. The third-order valence-corrected chi connectivity index (χ3v) is 6.91. The van der Waals surface area contributed by atoms with Crippen molar-refractivity contribution in [1.29, 1.82) is 0 Å². The van der Waals surface area contributed by atoms with Gasteiger partial charge in [0.1, 0.15) is 17.0 Å². The van der Waals surface area contributed by atoms with Gasteiger partial charge in [0.15, 0.2) is 0 Å². The molecule has 1 aromatic heterocycles. The monoisotopic (exact) mass is 394 g/mol. The fraction of sp³-hybridized carbons (Fsp3) is 0.565. The van der Waals surface area contributed by atoms with Gasteiger partial charge in [0.25, 0.3) is 5.91 Å². The number of hydrogen-bond acceptors (Lipinski definition) is 4. The minimum absolute atomic E-state index is 0.0816. The molecule has 2 aromatic rings. The first kappa shape index (κ1) is 18.7. The van der Waals surface area contributed by atoms with Gasteiger partial charge < -0.3 is 15.0 Å². The molecule has 0 atom stereocenters. The van der Waals surface area contributed by atoms with Gasteiger partial charge in [0, 0.05) is 44.7 Å². The van der Waals surface area contributed by atoms with E-state index in [0.717, 1.165) is 50.2 Å². The average Bonchev–Trinajstić information content (AvgIpc) is 3.53. The number of para-hydroxylation sites is 1. The Labute approximate surface area is 172 Å². The van der Waals surface area contributed by atoms with E-state index in [0.29, 0.717) is 11.6 Å². The first-order chi connectivity index (χ1) is 14.0. The number of amides is 1. The van der Waals surface area contributed by atoms with Gasteiger partial charge in [-0.3, -0.25) is 9.48 Å². The summed E-state index contributed by atoms with van der Waals surface area (Å²) >= 11 is 0. The van der Waals surface area contributed by atoms with Crippen LogP contribution < -0.4 is 10.1 Å². The summed E-state index contributed by atoms with van der Waals surface area (Å²) in [6.45, 7) is 1.71. The van der Waals surface area contributed by atoms with E-state index in [1.807, 2.05) is 31.1 Å². The van der Waals surface area contributed by atoms with E-state index in [-0.39, 0.29) is 17.6 Å². The Hall–Kier alpha value is -2.34. The number of nitrogens with zero attached hydrogens (tertiary/aromatic N) is 3. The summed E-state index contributed by atoms with van der Waals surface area (Å²) in [5.41, 5.74) is 2.83. The third kappa shape index (κ3) is 3.54. The second-order valence-electron chi connectivity index (χ2n) is 9.00. The van der Waals surface area contributed by atoms with Crippen LogP contribution in [0.25, 0.3) is 0 Å². The maximum absolute atomic E-state index is 13.1. The Balaban J connectivity index is 1.26. The Morgan fingerprint density at radius 3 is 2.76 bits per heavy atom. The first-order valence-corrected chi connectivity index (χ1v) is 10.8. The Bertz CT molecular complexity index is 909. The summed E-state index contributed by atoms with van der Waals surface area (Å²) in [6, 6.07) is 10.5. The van der Waals surface area contributed by atoms with Crippen molar-refractivity contribution >= 4 is 5.91 Å². The highest BCUT2D eigenvalue weighted by Crippen LogP contribution is 2.40. The van der Waals surface area contributed by atoms with Crippen LogP contribution in [0.15, 0.2) is 30.3 Å². The number of carbonyl (C=O) groups is 1. The third-order valence-electron chi connectivity index (χ3n) is 6.91. The molecule has 1 spiro atoms. The number of fused-ring (bicyclic) bond motifs is 1. The fourth-order valence-corrected chi connectivity index (χ4v) is 4.85. The molecule has 1 amide bonds. The molecule has 0 bridgehead atoms. The predicted octanol–water partition coefficient (Wildman–Crippen LogP) is 3.23. The maximum atomic E-state index is 13.1. The van der Waals surface area contributed by atoms with Crippen LogP contribution in [0, 0.1) is 0 Å². The summed E-state index contributed by atoms with van der Waals surface area (Å²) in [5, 5.41) is 8.13. The van der Waals surface area contributed by atoms with Crippen LogP contribution in [-0.4, -0.2) is 45.8 Å². The second kappa shape index (κ2) is 7.17. The summed E-state index contributed by atoms with van der Waals surface area (Å²) in [5.74, 6) is 1.64. The second-order valence-corrected chi connectivity index (χ2v) is 9.00. The van der Waals surface area contributed by atoms with Crippen molar-refractivity contribution in [1.82, 2.24) is 20.0 Å². The lowest BCUT2D eigenvalue weighted by Crippen LogP contribution is -2.51. The van der Waals surface area contributed by atoms with Crippen LogP contribution in [-0.2, 0) is 13.6 Å². The molecule has 2 heterocycles. The van der Waals surface area contributed by atoms with Crippen LogP contribution in [0.2, 0.25) is 0 Å². The lowest BCUT2D eigenvalue weighted by molar-refractivity contribution is 0.00996. The van der Waals surface area contributed by atoms with Gasteiger partial charge in [0.2, 0.25) is 0 Å². The molecule has 29 heavy (non-hydrogen) atoms.